The first-order valence-electron chi connectivity index (χ1n) is 10.5. The fourth-order valence-electron chi connectivity index (χ4n) is 3.87. The van der Waals surface area contributed by atoms with Gasteiger partial charge in [-0.3, -0.25) is 0 Å². The number of aliphatic hydroxyl groups is 1. The smallest absolute Gasteiger partial charge is 0.342 e. The van der Waals surface area contributed by atoms with E-state index in [-0.39, 0.29) is 13.2 Å². The number of ether oxygens (including phenoxy) is 2. The zero-order valence-corrected chi connectivity index (χ0v) is 17.2. The minimum absolute atomic E-state index is 0.195. The third-order valence-electron chi connectivity index (χ3n) is 5.28. The molecule has 0 spiro atoms. The first kappa shape index (κ1) is 20.4. The lowest BCUT2D eigenvalue weighted by Gasteiger charge is -2.19. The summed E-state index contributed by atoms with van der Waals surface area (Å²) in [7, 11) is 0. The minimum Gasteiger partial charge on any atom is -0.491 e. The van der Waals surface area contributed by atoms with Crippen molar-refractivity contribution >= 4 is 16.9 Å². The highest BCUT2D eigenvalue weighted by molar-refractivity contribution is 6.09. The van der Waals surface area contributed by atoms with Gasteiger partial charge in [0.05, 0.1) is 6.61 Å². The zero-order valence-electron chi connectivity index (χ0n) is 17.2. The van der Waals surface area contributed by atoms with Gasteiger partial charge in [0.25, 0.3) is 0 Å². The number of nitrogens with zero attached hydrogens (tertiary/aromatic N) is 1. The molecular formula is C24H27NO5. The molecule has 0 unspecified atom stereocenters. The van der Waals surface area contributed by atoms with Gasteiger partial charge in [-0.25, -0.2) is 4.79 Å². The van der Waals surface area contributed by atoms with E-state index in [0.717, 1.165) is 18.7 Å². The molecule has 6 nitrogen and oxygen atoms in total. The molecule has 1 aliphatic heterocycles. The normalized spacial score (nSPS) is 15.4. The lowest BCUT2D eigenvalue weighted by molar-refractivity contribution is 0.0528. The van der Waals surface area contributed by atoms with Crippen LogP contribution < -0.4 is 4.74 Å². The largest absolute Gasteiger partial charge is 0.491 e. The van der Waals surface area contributed by atoms with E-state index in [9.17, 15) is 9.90 Å². The van der Waals surface area contributed by atoms with E-state index in [1.165, 1.54) is 12.8 Å². The second kappa shape index (κ2) is 9.32. The van der Waals surface area contributed by atoms with Gasteiger partial charge in [0.1, 0.15) is 35.4 Å². The number of hydrogen-bond acceptors (Lipinski definition) is 6. The van der Waals surface area contributed by atoms with E-state index in [1.807, 2.05) is 30.3 Å². The number of rotatable bonds is 8. The Hall–Kier alpha value is -2.83. The van der Waals surface area contributed by atoms with Gasteiger partial charge in [-0.2, -0.15) is 0 Å². The van der Waals surface area contributed by atoms with Gasteiger partial charge < -0.3 is 23.9 Å². The highest BCUT2D eigenvalue weighted by Gasteiger charge is 2.24. The average Bonchev–Trinajstić information content (AvgIpc) is 3.40. The monoisotopic (exact) mass is 409 g/mol. The third-order valence-corrected chi connectivity index (χ3v) is 5.28. The van der Waals surface area contributed by atoms with Crippen molar-refractivity contribution in [3.05, 3.63) is 54.1 Å². The molecule has 1 aliphatic rings. The number of β-amino-alcohol motifs (C(OH)–C–C–N with tert-alkyl or cyclic N) is 1. The first-order chi connectivity index (χ1) is 14.7. The molecule has 0 saturated carbocycles. The molecule has 0 radical (unpaired) electrons. The molecule has 30 heavy (non-hydrogen) atoms. The summed E-state index contributed by atoms with van der Waals surface area (Å²) in [4.78, 5) is 15.0. The molecule has 0 amide bonds. The Morgan fingerprint density at radius 2 is 1.93 bits per heavy atom. The van der Waals surface area contributed by atoms with Crippen LogP contribution >= 0.6 is 0 Å². The van der Waals surface area contributed by atoms with Gasteiger partial charge in [-0.05, 0) is 51.1 Å². The number of carbonyl (C=O) groups excluding carboxylic acids is 1. The molecule has 6 heteroatoms. The molecule has 0 bridgehead atoms. The summed E-state index contributed by atoms with van der Waals surface area (Å²) >= 11 is 0. The van der Waals surface area contributed by atoms with Crippen molar-refractivity contribution in [3.8, 4) is 17.1 Å². The predicted molar refractivity (Wildman–Crippen MR) is 115 cm³/mol. The van der Waals surface area contributed by atoms with Crippen LogP contribution in [0.1, 0.15) is 30.1 Å². The Kier molecular flexibility index (Phi) is 6.35. The molecule has 1 saturated heterocycles. The van der Waals surface area contributed by atoms with E-state index in [0.29, 0.717) is 34.6 Å². The third kappa shape index (κ3) is 4.50. The van der Waals surface area contributed by atoms with Crippen molar-refractivity contribution in [2.24, 2.45) is 0 Å². The van der Waals surface area contributed by atoms with E-state index < -0.39 is 12.1 Å². The number of furan rings is 1. The Bertz CT molecular complexity index is 992. The topological polar surface area (TPSA) is 72.1 Å². The first-order valence-corrected chi connectivity index (χ1v) is 10.5. The van der Waals surface area contributed by atoms with Crippen molar-refractivity contribution < 1.29 is 23.8 Å². The van der Waals surface area contributed by atoms with E-state index in [1.54, 1.807) is 25.1 Å². The molecule has 1 fully saturated rings. The fraction of sp³-hybridized carbons (Fsp3) is 0.375. The number of fused-ring (bicyclic) bond motifs is 1. The van der Waals surface area contributed by atoms with Crippen molar-refractivity contribution in [2.45, 2.75) is 25.9 Å². The van der Waals surface area contributed by atoms with Gasteiger partial charge in [0, 0.05) is 17.5 Å². The second-order valence-electron chi connectivity index (χ2n) is 7.52. The van der Waals surface area contributed by atoms with Crippen LogP contribution in [0.3, 0.4) is 0 Å². The molecular weight excluding hydrogens is 382 g/mol. The molecule has 1 atom stereocenters. The number of carbonyl (C=O) groups is 1. The fourth-order valence-corrected chi connectivity index (χ4v) is 3.87. The highest BCUT2D eigenvalue weighted by Crippen LogP contribution is 2.36. The van der Waals surface area contributed by atoms with Crippen LogP contribution in [0.2, 0.25) is 0 Å². The summed E-state index contributed by atoms with van der Waals surface area (Å²) in [5.74, 6) is 0.630. The van der Waals surface area contributed by atoms with Gasteiger partial charge in [-0.15, -0.1) is 0 Å². The molecule has 158 valence electrons. The molecule has 1 aromatic heterocycles. The maximum Gasteiger partial charge on any atom is 0.342 e. The van der Waals surface area contributed by atoms with Crippen LogP contribution in [-0.4, -0.2) is 54.9 Å². The van der Waals surface area contributed by atoms with Gasteiger partial charge >= 0.3 is 5.97 Å². The zero-order chi connectivity index (χ0) is 20.9. The number of esters is 1. The Morgan fingerprint density at radius 1 is 1.17 bits per heavy atom. The van der Waals surface area contributed by atoms with Crippen LogP contribution in [0.5, 0.6) is 5.75 Å². The summed E-state index contributed by atoms with van der Waals surface area (Å²) in [5.41, 5.74) is 1.78. The standard InChI is InChI=1S/C24H27NO5/c1-2-28-24(27)22-20-14-19(29-16-18(26)15-25-12-6-7-13-25)10-11-21(20)30-23(22)17-8-4-3-5-9-17/h3-5,8-11,14,18,26H,2,6-7,12-13,15-16H2,1H3/t18-/m0/s1. The predicted octanol–water partition coefficient (Wildman–Crippen LogP) is 4.11. The molecule has 1 N–H and O–H groups in total. The SMILES string of the molecule is CCOC(=O)c1c(-c2ccccc2)oc2ccc(OC[C@@H](O)CN3CCCC3)cc12. The van der Waals surface area contributed by atoms with Crippen LogP contribution in [0, 0.1) is 0 Å². The Morgan fingerprint density at radius 3 is 2.67 bits per heavy atom. The molecule has 3 aromatic rings. The van der Waals surface area contributed by atoms with Crippen molar-refractivity contribution in [2.75, 3.05) is 32.8 Å². The lowest BCUT2D eigenvalue weighted by Crippen LogP contribution is -2.33. The quantitative estimate of drug-likeness (QED) is 0.565. The number of hydrogen-bond donors (Lipinski definition) is 1. The van der Waals surface area contributed by atoms with Gasteiger partial charge in [0.2, 0.25) is 0 Å². The molecule has 2 heterocycles. The van der Waals surface area contributed by atoms with E-state index >= 15 is 0 Å². The lowest BCUT2D eigenvalue weighted by atomic mass is 10.1. The molecule has 2 aromatic carbocycles. The number of benzene rings is 2. The maximum absolute atomic E-state index is 12.7. The molecule has 4 rings (SSSR count). The van der Waals surface area contributed by atoms with Crippen LogP contribution in [-0.2, 0) is 4.74 Å². The Labute approximate surface area is 176 Å². The summed E-state index contributed by atoms with van der Waals surface area (Å²) < 4.78 is 17.1. The average molecular weight is 409 g/mol. The minimum atomic E-state index is -0.562. The van der Waals surface area contributed by atoms with Crippen LogP contribution in [0.4, 0.5) is 0 Å². The summed E-state index contributed by atoms with van der Waals surface area (Å²) in [6, 6.07) is 14.8. The second-order valence-corrected chi connectivity index (χ2v) is 7.52. The van der Waals surface area contributed by atoms with E-state index in [4.69, 9.17) is 13.9 Å². The maximum atomic E-state index is 12.7. The summed E-state index contributed by atoms with van der Waals surface area (Å²) in [6.45, 7) is 4.92. The van der Waals surface area contributed by atoms with Gasteiger partial charge in [-0.1, -0.05) is 30.3 Å². The number of aliphatic hydroxyl groups excluding tert-OH is 1. The van der Waals surface area contributed by atoms with Crippen LogP contribution in [0.15, 0.2) is 52.9 Å². The van der Waals surface area contributed by atoms with Crippen molar-refractivity contribution in [3.63, 3.8) is 0 Å². The summed E-state index contributed by atoms with van der Waals surface area (Å²) in [5, 5.41) is 10.9. The van der Waals surface area contributed by atoms with E-state index in [2.05, 4.69) is 4.90 Å². The number of likely N-dealkylation sites (tertiary alicyclic amines) is 1. The van der Waals surface area contributed by atoms with Crippen molar-refractivity contribution in [1.82, 2.24) is 4.90 Å². The van der Waals surface area contributed by atoms with Crippen LogP contribution in [0.25, 0.3) is 22.3 Å². The molecule has 0 aliphatic carbocycles. The highest BCUT2D eigenvalue weighted by atomic mass is 16.5. The van der Waals surface area contributed by atoms with Gasteiger partial charge in [0.15, 0.2) is 0 Å². The summed E-state index contributed by atoms with van der Waals surface area (Å²) in [6.07, 6.45) is 1.81. The Balaban J connectivity index is 1.59. The van der Waals surface area contributed by atoms with Crippen molar-refractivity contribution in [1.29, 1.82) is 0 Å².